The van der Waals surface area contributed by atoms with Gasteiger partial charge in [0.15, 0.2) is 5.65 Å². The number of fused-ring (bicyclic) bond motifs is 1. The SMILES string of the molecule is CC1(c2cnn3c(NCC4CCCCC4)ccnc23)CCCCC1. The van der Waals surface area contributed by atoms with Crippen LogP contribution >= 0.6 is 0 Å². The molecule has 0 bridgehead atoms. The Labute approximate surface area is 145 Å². The molecule has 2 heterocycles. The molecule has 2 aliphatic rings. The molecule has 2 aromatic rings. The van der Waals surface area contributed by atoms with Gasteiger partial charge in [0.2, 0.25) is 0 Å². The maximum absolute atomic E-state index is 4.69. The summed E-state index contributed by atoms with van der Waals surface area (Å²) in [5.41, 5.74) is 2.63. The zero-order chi connectivity index (χ0) is 16.4. The van der Waals surface area contributed by atoms with Gasteiger partial charge in [0.1, 0.15) is 5.82 Å². The molecule has 2 fully saturated rings. The number of hydrogen-bond acceptors (Lipinski definition) is 3. The molecule has 0 radical (unpaired) electrons. The fourth-order valence-corrected chi connectivity index (χ4v) is 4.69. The third-order valence-corrected chi connectivity index (χ3v) is 6.31. The van der Waals surface area contributed by atoms with Crippen LogP contribution in [-0.4, -0.2) is 21.1 Å². The van der Waals surface area contributed by atoms with Gasteiger partial charge < -0.3 is 5.32 Å². The molecule has 2 aliphatic carbocycles. The van der Waals surface area contributed by atoms with Crippen molar-refractivity contribution >= 4 is 11.5 Å². The van der Waals surface area contributed by atoms with Crippen LogP contribution in [0.5, 0.6) is 0 Å². The molecule has 130 valence electrons. The lowest BCUT2D eigenvalue weighted by molar-refractivity contribution is 0.321. The first-order chi connectivity index (χ1) is 11.8. The average Bonchev–Trinajstić information content (AvgIpc) is 3.07. The molecular formula is C20H30N4. The normalized spacial score (nSPS) is 21.9. The monoisotopic (exact) mass is 326 g/mol. The Morgan fingerprint density at radius 1 is 1.12 bits per heavy atom. The van der Waals surface area contributed by atoms with Gasteiger partial charge in [0, 0.05) is 18.3 Å². The van der Waals surface area contributed by atoms with E-state index in [-0.39, 0.29) is 5.41 Å². The van der Waals surface area contributed by atoms with E-state index in [1.54, 1.807) is 0 Å². The van der Waals surface area contributed by atoms with E-state index in [1.165, 1.54) is 69.8 Å². The summed E-state index contributed by atoms with van der Waals surface area (Å²) in [5.74, 6) is 1.91. The van der Waals surface area contributed by atoms with Crippen LogP contribution in [0.1, 0.15) is 76.7 Å². The van der Waals surface area contributed by atoms with Crippen LogP contribution in [0, 0.1) is 5.92 Å². The standard InChI is InChI=1S/C20H30N4/c1-20(11-6-3-7-12-20)17-15-23-24-18(10-13-21-19(17)24)22-14-16-8-4-2-5-9-16/h10,13,15-16,22H,2-9,11-12,14H2,1H3. The van der Waals surface area contributed by atoms with Gasteiger partial charge in [-0.05, 0) is 43.1 Å². The highest BCUT2D eigenvalue weighted by atomic mass is 15.3. The molecule has 4 nitrogen and oxygen atoms in total. The van der Waals surface area contributed by atoms with Gasteiger partial charge in [-0.3, -0.25) is 0 Å². The van der Waals surface area contributed by atoms with E-state index in [2.05, 4.69) is 29.5 Å². The van der Waals surface area contributed by atoms with Crippen molar-refractivity contribution < 1.29 is 0 Å². The molecule has 0 aliphatic heterocycles. The van der Waals surface area contributed by atoms with Crippen molar-refractivity contribution in [3.8, 4) is 0 Å². The minimum Gasteiger partial charge on any atom is -0.370 e. The molecule has 0 unspecified atom stereocenters. The van der Waals surface area contributed by atoms with Crippen LogP contribution in [0.2, 0.25) is 0 Å². The third-order valence-electron chi connectivity index (χ3n) is 6.31. The number of hydrogen-bond donors (Lipinski definition) is 1. The molecule has 0 aromatic carbocycles. The van der Waals surface area contributed by atoms with E-state index in [0.717, 1.165) is 23.9 Å². The molecular weight excluding hydrogens is 296 g/mol. The third kappa shape index (κ3) is 3.03. The maximum Gasteiger partial charge on any atom is 0.161 e. The summed E-state index contributed by atoms with van der Waals surface area (Å²) in [5, 5.41) is 8.34. The minimum atomic E-state index is 0.245. The van der Waals surface area contributed by atoms with Crippen LogP contribution in [0.15, 0.2) is 18.5 Å². The van der Waals surface area contributed by atoms with Gasteiger partial charge in [0.05, 0.1) is 6.20 Å². The molecule has 2 aromatic heterocycles. The highest BCUT2D eigenvalue weighted by Crippen LogP contribution is 2.40. The van der Waals surface area contributed by atoms with Crippen molar-refractivity contribution in [2.24, 2.45) is 5.92 Å². The van der Waals surface area contributed by atoms with Gasteiger partial charge in [-0.25, -0.2) is 4.98 Å². The summed E-state index contributed by atoms with van der Waals surface area (Å²) in [6.45, 7) is 3.46. The summed E-state index contributed by atoms with van der Waals surface area (Å²) in [7, 11) is 0. The average molecular weight is 326 g/mol. The first kappa shape index (κ1) is 15.9. The Balaban J connectivity index is 1.56. The van der Waals surface area contributed by atoms with Crippen LogP contribution in [0.4, 0.5) is 5.82 Å². The van der Waals surface area contributed by atoms with E-state index < -0.39 is 0 Å². The molecule has 0 amide bonds. The van der Waals surface area contributed by atoms with Crippen molar-refractivity contribution in [2.45, 2.75) is 76.5 Å². The van der Waals surface area contributed by atoms with Crippen LogP contribution in [-0.2, 0) is 5.41 Å². The van der Waals surface area contributed by atoms with Crippen LogP contribution in [0.25, 0.3) is 5.65 Å². The fraction of sp³-hybridized carbons (Fsp3) is 0.700. The molecule has 4 heteroatoms. The van der Waals surface area contributed by atoms with Gasteiger partial charge >= 0.3 is 0 Å². The predicted octanol–water partition coefficient (Wildman–Crippen LogP) is 4.94. The molecule has 0 atom stereocenters. The zero-order valence-corrected chi connectivity index (χ0v) is 14.9. The quantitative estimate of drug-likeness (QED) is 0.865. The van der Waals surface area contributed by atoms with Gasteiger partial charge in [-0.2, -0.15) is 9.61 Å². The molecule has 24 heavy (non-hydrogen) atoms. The second kappa shape index (κ2) is 6.73. The first-order valence-corrected chi connectivity index (χ1v) is 9.83. The maximum atomic E-state index is 4.69. The second-order valence-corrected chi connectivity index (χ2v) is 8.13. The Kier molecular flexibility index (Phi) is 4.47. The van der Waals surface area contributed by atoms with Crippen LogP contribution < -0.4 is 5.32 Å². The van der Waals surface area contributed by atoms with Crippen molar-refractivity contribution in [1.82, 2.24) is 14.6 Å². The number of nitrogens with zero attached hydrogens (tertiary/aromatic N) is 3. The van der Waals surface area contributed by atoms with Gasteiger partial charge in [-0.15, -0.1) is 0 Å². The Bertz CT molecular complexity index is 678. The summed E-state index contributed by atoms with van der Waals surface area (Å²) >= 11 is 0. The van der Waals surface area contributed by atoms with E-state index >= 15 is 0 Å². The summed E-state index contributed by atoms with van der Waals surface area (Å²) in [6.07, 6.45) is 17.5. The lowest BCUT2D eigenvalue weighted by atomic mass is 9.72. The lowest BCUT2D eigenvalue weighted by Crippen LogP contribution is -2.25. The van der Waals surface area contributed by atoms with Crippen molar-refractivity contribution in [3.05, 3.63) is 24.0 Å². The summed E-state index contributed by atoms with van der Waals surface area (Å²) < 4.78 is 2.03. The number of aromatic nitrogens is 3. The van der Waals surface area contributed by atoms with Crippen molar-refractivity contribution in [1.29, 1.82) is 0 Å². The highest BCUT2D eigenvalue weighted by Gasteiger charge is 2.32. The summed E-state index contributed by atoms with van der Waals surface area (Å²) in [6, 6.07) is 2.07. The van der Waals surface area contributed by atoms with Crippen molar-refractivity contribution in [3.63, 3.8) is 0 Å². The van der Waals surface area contributed by atoms with Crippen molar-refractivity contribution in [2.75, 3.05) is 11.9 Å². The number of anilines is 1. The van der Waals surface area contributed by atoms with E-state index in [0.29, 0.717) is 0 Å². The molecule has 0 spiro atoms. The smallest absolute Gasteiger partial charge is 0.161 e. The first-order valence-electron chi connectivity index (χ1n) is 9.83. The molecule has 1 N–H and O–H groups in total. The number of nitrogens with one attached hydrogen (secondary N) is 1. The Morgan fingerprint density at radius 3 is 2.67 bits per heavy atom. The van der Waals surface area contributed by atoms with E-state index in [9.17, 15) is 0 Å². The summed E-state index contributed by atoms with van der Waals surface area (Å²) in [4.78, 5) is 4.68. The topological polar surface area (TPSA) is 42.2 Å². The van der Waals surface area contributed by atoms with Gasteiger partial charge in [0.25, 0.3) is 0 Å². The highest BCUT2D eigenvalue weighted by molar-refractivity contribution is 5.55. The molecule has 4 rings (SSSR count). The van der Waals surface area contributed by atoms with E-state index in [4.69, 9.17) is 5.10 Å². The predicted molar refractivity (Wildman–Crippen MR) is 98.5 cm³/mol. The van der Waals surface area contributed by atoms with Gasteiger partial charge in [-0.1, -0.05) is 45.4 Å². The molecule has 2 saturated carbocycles. The Morgan fingerprint density at radius 2 is 1.88 bits per heavy atom. The minimum absolute atomic E-state index is 0.245. The zero-order valence-electron chi connectivity index (χ0n) is 14.9. The largest absolute Gasteiger partial charge is 0.370 e. The number of rotatable bonds is 4. The molecule has 0 saturated heterocycles. The lowest BCUT2D eigenvalue weighted by Gasteiger charge is -2.32. The fourth-order valence-electron chi connectivity index (χ4n) is 4.69. The second-order valence-electron chi connectivity index (χ2n) is 8.13. The Hall–Kier alpha value is -1.58. The van der Waals surface area contributed by atoms with E-state index in [1.807, 2.05) is 10.7 Å². The van der Waals surface area contributed by atoms with Crippen LogP contribution in [0.3, 0.4) is 0 Å².